The van der Waals surface area contributed by atoms with Gasteiger partial charge in [-0.25, -0.2) is 0 Å². The highest BCUT2D eigenvalue weighted by atomic mass is 35.5. The molecule has 1 aromatic heterocycles. The summed E-state index contributed by atoms with van der Waals surface area (Å²) in [6, 6.07) is 1.74. The zero-order chi connectivity index (χ0) is 11.3. The fourth-order valence-corrected chi connectivity index (χ4v) is 3.80. The lowest BCUT2D eigenvalue weighted by molar-refractivity contribution is 0.480. The first-order chi connectivity index (χ1) is 7.64. The average Bonchev–Trinajstić information content (AvgIpc) is 2.86. The molecule has 2 saturated carbocycles. The molecular weight excluding hydrogens is 243 g/mol. The van der Waals surface area contributed by atoms with Crippen molar-refractivity contribution in [1.29, 1.82) is 0 Å². The van der Waals surface area contributed by atoms with Crippen molar-refractivity contribution in [3.05, 3.63) is 28.0 Å². The van der Waals surface area contributed by atoms with Gasteiger partial charge in [0.05, 0.1) is 21.3 Å². The topological polar surface area (TPSA) is 38.9 Å². The van der Waals surface area contributed by atoms with Crippen molar-refractivity contribution in [1.82, 2.24) is 4.98 Å². The third-order valence-corrected chi connectivity index (χ3v) is 4.60. The molecule has 86 valence electrons. The summed E-state index contributed by atoms with van der Waals surface area (Å²) in [6.07, 6.45) is 6.63. The second-order valence-corrected chi connectivity index (χ2v) is 5.76. The molecule has 1 aromatic rings. The Balaban J connectivity index is 1.98. The molecular formula is C12H14Cl2N2. The van der Waals surface area contributed by atoms with E-state index in [9.17, 15) is 0 Å². The van der Waals surface area contributed by atoms with Crippen LogP contribution in [0.5, 0.6) is 0 Å². The molecule has 16 heavy (non-hydrogen) atoms. The van der Waals surface area contributed by atoms with Crippen molar-refractivity contribution in [2.75, 3.05) is 0 Å². The van der Waals surface area contributed by atoms with Crippen molar-refractivity contribution >= 4 is 23.2 Å². The van der Waals surface area contributed by atoms with Gasteiger partial charge in [-0.15, -0.1) is 0 Å². The third-order valence-electron chi connectivity index (χ3n) is 4.10. The smallest absolute Gasteiger partial charge is 0.0795 e. The molecule has 0 aromatic carbocycles. The summed E-state index contributed by atoms with van der Waals surface area (Å²) in [6.45, 7) is 0. The zero-order valence-corrected chi connectivity index (χ0v) is 10.4. The van der Waals surface area contributed by atoms with Crippen LogP contribution in [0, 0.1) is 11.8 Å². The van der Waals surface area contributed by atoms with Crippen LogP contribution in [-0.2, 0) is 5.54 Å². The number of nitrogens with zero attached hydrogens (tertiary/aromatic N) is 1. The van der Waals surface area contributed by atoms with Crippen LogP contribution in [0.15, 0.2) is 12.3 Å². The van der Waals surface area contributed by atoms with Crippen molar-refractivity contribution in [2.24, 2.45) is 17.6 Å². The maximum absolute atomic E-state index is 6.48. The van der Waals surface area contributed by atoms with Gasteiger partial charge in [0, 0.05) is 6.20 Å². The van der Waals surface area contributed by atoms with Gasteiger partial charge in [-0.3, -0.25) is 4.98 Å². The molecule has 1 heterocycles. The van der Waals surface area contributed by atoms with E-state index >= 15 is 0 Å². The lowest BCUT2D eigenvalue weighted by Crippen LogP contribution is -2.25. The van der Waals surface area contributed by atoms with Gasteiger partial charge in [-0.2, -0.15) is 0 Å². The largest absolute Gasteiger partial charge is 0.320 e. The summed E-state index contributed by atoms with van der Waals surface area (Å²) < 4.78 is 0. The molecule has 3 rings (SSSR count). The van der Waals surface area contributed by atoms with E-state index in [2.05, 4.69) is 4.98 Å². The summed E-state index contributed by atoms with van der Waals surface area (Å²) >= 11 is 12.0. The van der Waals surface area contributed by atoms with Gasteiger partial charge >= 0.3 is 0 Å². The Labute approximate surface area is 105 Å². The molecule has 0 saturated heterocycles. The van der Waals surface area contributed by atoms with Crippen LogP contribution in [0.25, 0.3) is 0 Å². The van der Waals surface area contributed by atoms with Crippen LogP contribution in [0.3, 0.4) is 0 Å². The van der Waals surface area contributed by atoms with Crippen molar-refractivity contribution in [3.63, 3.8) is 0 Å². The summed E-state index contributed by atoms with van der Waals surface area (Å²) in [5.74, 6) is 1.15. The number of hydrogen-bond acceptors (Lipinski definition) is 2. The molecule has 0 amide bonds. The second-order valence-electron chi connectivity index (χ2n) is 4.91. The predicted octanol–water partition coefficient (Wildman–Crippen LogP) is 3.36. The Kier molecular flexibility index (Phi) is 2.43. The molecule has 2 unspecified atom stereocenters. The first kappa shape index (κ1) is 10.8. The van der Waals surface area contributed by atoms with Gasteiger partial charge in [0.25, 0.3) is 0 Å². The van der Waals surface area contributed by atoms with Crippen molar-refractivity contribution in [2.45, 2.75) is 31.2 Å². The van der Waals surface area contributed by atoms with Crippen LogP contribution in [0.1, 0.15) is 31.4 Å². The molecule has 0 aliphatic heterocycles. The first-order valence-corrected chi connectivity index (χ1v) is 6.50. The van der Waals surface area contributed by atoms with E-state index in [-0.39, 0.29) is 5.54 Å². The Morgan fingerprint density at radius 1 is 1.25 bits per heavy atom. The molecule has 4 heteroatoms. The highest BCUT2D eigenvalue weighted by Crippen LogP contribution is 2.63. The maximum atomic E-state index is 6.48. The molecule has 2 N–H and O–H groups in total. The van der Waals surface area contributed by atoms with Crippen LogP contribution < -0.4 is 5.73 Å². The quantitative estimate of drug-likeness (QED) is 0.837. The minimum Gasteiger partial charge on any atom is -0.320 e. The SMILES string of the molecule is NC1(c2ncc(Cl)cc2Cl)C2CCCCC21. The molecule has 2 nitrogen and oxygen atoms in total. The van der Waals surface area contributed by atoms with Crippen LogP contribution in [0.2, 0.25) is 10.0 Å². The monoisotopic (exact) mass is 256 g/mol. The Morgan fingerprint density at radius 2 is 1.88 bits per heavy atom. The van der Waals surface area contributed by atoms with E-state index in [1.807, 2.05) is 0 Å². The van der Waals surface area contributed by atoms with Crippen LogP contribution in [-0.4, -0.2) is 4.98 Å². The van der Waals surface area contributed by atoms with E-state index in [0.717, 1.165) is 5.69 Å². The second kappa shape index (κ2) is 3.59. The van der Waals surface area contributed by atoms with E-state index in [1.54, 1.807) is 12.3 Å². The fraction of sp³-hybridized carbons (Fsp3) is 0.583. The van der Waals surface area contributed by atoms with Crippen molar-refractivity contribution < 1.29 is 0 Å². The van der Waals surface area contributed by atoms with E-state index in [0.29, 0.717) is 21.9 Å². The number of pyridine rings is 1. The van der Waals surface area contributed by atoms with Gasteiger partial charge in [0.2, 0.25) is 0 Å². The molecule has 2 atom stereocenters. The molecule has 2 aliphatic carbocycles. The number of halogens is 2. The van der Waals surface area contributed by atoms with Gasteiger partial charge in [-0.1, -0.05) is 36.0 Å². The van der Waals surface area contributed by atoms with E-state index in [4.69, 9.17) is 28.9 Å². The first-order valence-electron chi connectivity index (χ1n) is 5.74. The predicted molar refractivity (Wildman–Crippen MR) is 65.6 cm³/mol. The fourth-order valence-electron chi connectivity index (χ4n) is 3.26. The lowest BCUT2D eigenvalue weighted by Gasteiger charge is -2.13. The maximum Gasteiger partial charge on any atom is 0.0795 e. The number of rotatable bonds is 1. The van der Waals surface area contributed by atoms with Gasteiger partial charge in [0.15, 0.2) is 0 Å². The molecule has 0 bridgehead atoms. The summed E-state index contributed by atoms with van der Waals surface area (Å²) in [4.78, 5) is 4.35. The van der Waals surface area contributed by atoms with Gasteiger partial charge in [0.1, 0.15) is 0 Å². The number of nitrogens with two attached hydrogens (primary N) is 1. The van der Waals surface area contributed by atoms with E-state index in [1.165, 1.54) is 25.7 Å². The molecule has 0 radical (unpaired) electrons. The standard InChI is InChI=1S/C12H14Cl2N2/c13-7-5-10(14)11(16-6-7)12(15)8-3-1-2-4-9(8)12/h5-6,8-9H,1-4,15H2. The Morgan fingerprint density at radius 3 is 2.44 bits per heavy atom. The van der Waals surface area contributed by atoms with E-state index < -0.39 is 0 Å². The summed E-state index contributed by atoms with van der Waals surface area (Å²) in [5.41, 5.74) is 7.04. The number of hydrogen-bond donors (Lipinski definition) is 1. The lowest BCUT2D eigenvalue weighted by atomic mass is 10.0. The minimum absolute atomic E-state index is 0.280. The molecule has 2 fully saturated rings. The Bertz CT molecular complexity index is 421. The van der Waals surface area contributed by atoms with Crippen LogP contribution >= 0.6 is 23.2 Å². The van der Waals surface area contributed by atoms with Gasteiger partial charge < -0.3 is 5.73 Å². The minimum atomic E-state index is -0.280. The summed E-state index contributed by atoms with van der Waals surface area (Å²) in [7, 11) is 0. The third kappa shape index (κ3) is 1.40. The highest BCUT2D eigenvalue weighted by molar-refractivity contribution is 6.34. The molecule has 0 spiro atoms. The molecule has 2 aliphatic rings. The Hall–Kier alpha value is -0.310. The average molecular weight is 257 g/mol. The van der Waals surface area contributed by atoms with Crippen LogP contribution in [0.4, 0.5) is 0 Å². The normalized spacial score (nSPS) is 36.9. The highest BCUT2D eigenvalue weighted by Gasteiger charge is 2.64. The van der Waals surface area contributed by atoms with Gasteiger partial charge in [-0.05, 0) is 30.7 Å². The number of fused-ring (bicyclic) bond motifs is 1. The number of aromatic nitrogens is 1. The summed E-state index contributed by atoms with van der Waals surface area (Å²) in [5, 5.41) is 1.19. The zero-order valence-electron chi connectivity index (χ0n) is 8.92. The van der Waals surface area contributed by atoms with Crippen molar-refractivity contribution in [3.8, 4) is 0 Å².